The molecule has 4 atom stereocenters. The Balaban J connectivity index is 1.11. The maximum Gasteiger partial charge on any atom is 0.108 e. The highest BCUT2D eigenvalue weighted by Gasteiger charge is 2.41. The van der Waals surface area contributed by atoms with Gasteiger partial charge in [-0.1, -0.05) is 103 Å². The number of anilines is 1. The van der Waals surface area contributed by atoms with Crippen molar-refractivity contribution in [2.24, 2.45) is 0 Å². The second-order valence-electron chi connectivity index (χ2n) is 11.5. The molecule has 6 aromatic rings. The van der Waals surface area contributed by atoms with Crippen LogP contribution in [0.5, 0.6) is 0 Å². The van der Waals surface area contributed by atoms with Crippen molar-refractivity contribution in [1.82, 2.24) is 15.2 Å². The van der Waals surface area contributed by atoms with Gasteiger partial charge in [0.25, 0.3) is 0 Å². The lowest BCUT2D eigenvalue weighted by molar-refractivity contribution is 0.411. The van der Waals surface area contributed by atoms with E-state index in [1.807, 2.05) is 0 Å². The van der Waals surface area contributed by atoms with Gasteiger partial charge in [-0.3, -0.25) is 5.32 Å². The van der Waals surface area contributed by atoms with Crippen LogP contribution in [-0.2, 0) is 0 Å². The van der Waals surface area contributed by atoms with Crippen molar-refractivity contribution in [3.8, 4) is 5.69 Å². The highest BCUT2D eigenvalue weighted by Crippen LogP contribution is 2.45. The second-order valence-corrected chi connectivity index (χ2v) is 12.4. The normalized spacial score (nSPS) is 22.4. The Labute approximate surface area is 254 Å². The lowest BCUT2D eigenvalue weighted by atomic mass is 9.91. The lowest BCUT2D eigenvalue weighted by Gasteiger charge is -2.41. The summed E-state index contributed by atoms with van der Waals surface area (Å²) in [6, 6.07) is 39.8. The molecule has 0 bridgehead atoms. The zero-order valence-corrected chi connectivity index (χ0v) is 24.3. The number of rotatable bonds is 4. The van der Waals surface area contributed by atoms with E-state index in [9.17, 15) is 0 Å². The number of aromatic nitrogens is 1. The van der Waals surface area contributed by atoms with Gasteiger partial charge in [-0.05, 0) is 58.5 Å². The summed E-state index contributed by atoms with van der Waals surface area (Å²) in [6.45, 7) is 0. The van der Waals surface area contributed by atoms with Crippen LogP contribution in [0.15, 0.2) is 145 Å². The van der Waals surface area contributed by atoms with E-state index in [4.69, 9.17) is 0 Å². The molecule has 0 fully saturated rings. The van der Waals surface area contributed by atoms with Crippen LogP contribution in [0.3, 0.4) is 0 Å². The number of para-hydroxylation sites is 2. The molecule has 2 aromatic heterocycles. The molecule has 208 valence electrons. The van der Waals surface area contributed by atoms with Gasteiger partial charge in [-0.25, -0.2) is 0 Å². The first-order chi connectivity index (χ1) is 21.3. The number of nitrogens with one attached hydrogen (secondary N) is 2. The molecule has 0 radical (unpaired) electrons. The summed E-state index contributed by atoms with van der Waals surface area (Å²) in [7, 11) is 0. The maximum atomic E-state index is 3.97. The van der Waals surface area contributed by atoms with Gasteiger partial charge in [0.15, 0.2) is 0 Å². The summed E-state index contributed by atoms with van der Waals surface area (Å²) >= 11 is 1.80. The van der Waals surface area contributed by atoms with E-state index in [1.54, 1.807) is 11.3 Å². The molecule has 2 aliphatic heterocycles. The number of thiophene rings is 1. The molecule has 4 heterocycles. The Morgan fingerprint density at radius 2 is 1.49 bits per heavy atom. The fourth-order valence-corrected chi connectivity index (χ4v) is 8.11. The van der Waals surface area contributed by atoms with Gasteiger partial charge in [-0.2, -0.15) is 0 Å². The number of fused-ring (bicyclic) bond motifs is 6. The van der Waals surface area contributed by atoms with Crippen molar-refractivity contribution in [3.63, 3.8) is 0 Å². The summed E-state index contributed by atoms with van der Waals surface area (Å²) in [5.74, 6) is 0.356. The van der Waals surface area contributed by atoms with E-state index in [0.717, 1.165) is 5.70 Å². The molecule has 0 saturated carbocycles. The Morgan fingerprint density at radius 1 is 0.698 bits per heavy atom. The van der Waals surface area contributed by atoms with Gasteiger partial charge in [0.1, 0.15) is 17.2 Å². The molecule has 4 nitrogen and oxygen atoms in total. The van der Waals surface area contributed by atoms with Crippen LogP contribution in [-0.4, -0.2) is 16.8 Å². The molecule has 0 amide bonds. The summed E-state index contributed by atoms with van der Waals surface area (Å²) in [5, 5.41) is 12.6. The first-order valence-electron chi connectivity index (χ1n) is 14.9. The van der Waals surface area contributed by atoms with Gasteiger partial charge in [0, 0.05) is 33.8 Å². The Morgan fingerprint density at radius 3 is 2.40 bits per heavy atom. The first kappa shape index (κ1) is 24.7. The molecule has 43 heavy (non-hydrogen) atoms. The van der Waals surface area contributed by atoms with Crippen molar-refractivity contribution >= 4 is 43.8 Å². The van der Waals surface area contributed by atoms with Crippen LogP contribution in [0.1, 0.15) is 28.8 Å². The van der Waals surface area contributed by atoms with Crippen LogP contribution >= 0.6 is 11.3 Å². The molecule has 0 saturated heterocycles. The SMILES string of the molecule is C1=CC2c3ccccc3N(C3C=C(c4ccccc4)NC(c4ccc(-n5c6ccccc6c6ccsc65)cc4)N3)C2C=C1. The van der Waals surface area contributed by atoms with Crippen LogP contribution in [0.2, 0.25) is 0 Å². The van der Waals surface area contributed by atoms with Crippen LogP contribution < -0.4 is 15.5 Å². The van der Waals surface area contributed by atoms with E-state index >= 15 is 0 Å². The maximum absolute atomic E-state index is 3.97. The summed E-state index contributed by atoms with van der Waals surface area (Å²) < 4.78 is 2.39. The molecular formula is C38H30N4S. The van der Waals surface area contributed by atoms with E-state index in [-0.39, 0.29) is 18.4 Å². The van der Waals surface area contributed by atoms with Crippen LogP contribution in [0.25, 0.3) is 32.5 Å². The molecule has 9 rings (SSSR count). The van der Waals surface area contributed by atoms with Gasteiger partial charge in [-0.15, -0.1) is 11.3 Å². The van der Waals surface area contributed by atoms with Crippen molar-refractivity contribution < 1.29 is 0 Å². The largest absolute Gasteiger partial charge is 0.366 e. The minimum atomic E-state index is -0.0586. The fourth-order valence-electron chi connectivity index (χ4n) is 7.17. The highest BCUT2D eigenvalue weighted by molar-refractivity contribution is 7.17. The van der Waals surface area contributed by atoms with Crippen LogP contribution in [0.4, 0.5) is 5.69 Å². The Kier molecular flexibility index (Phi) is 5.68. The quantitative estimate of drug-likeness (QED) is 0.221. The highest BCUT2D eigenvalue weighted by atomic mass is 32.1. The van der Waals surface area contributed by atoms with Gasteiger partial charge in [0.2, 0.25) is 0 Å². The van der Waals surface area contributed by atoms with Crippen molar-refractivity contribution in [3.05, 3.63) is 162 Å². The summed E-state index contributed by atoms with van der Waals surface area (Å²) in [4.78, 5) is 3.85. The average molecular weight is 575 g/mol. The molecule has 1 aliphatic carbocycles. The Bertz CT molecular complexity index is 2060. The molecule has 2 N–H and O–H groups in total. The summed E-state index contributed by atoms with van der Waals surface area (Å²) in [6.07, 6.45) is 11.4. The van der Waals surface area contributed by atoms with Crippen LogP contribution in [0, 0.1) is 0 Å². The molecule has 0 spiro atoms. The zero-order valence-electron chi connectivity index (χ0n) is 23.5. The molecule has 4 unspecified atom stereocenters. The number of hydrogen-bond acceptors (Lipinski definition) is 4. The van der Waals surface area contributed by atoms with E-state index in [2.05, 4.69) is 165 Å². The predicted octanol–water partition coefficient (Wildman–Crippen LogP) is 8.50. The Hall–Kier alpha value is -4.84. The van der Waals surface area contributed by atoms with Crippen molar-refractivity contribution in [1.29, 1.82) is 0 Å². The topological polar surface area (TPSA) is 32.2 Å². The minimum absolute atomic E-state index is 0.00701. The first-order valence-corrected chi connectivity index (χ1v) is 15.8. The smallest absolute Gasteiger partial charge is 0.108 e. The van der Waals surface area contributed by atoms with E-state index < -0.39 is 0 Å². The lowest BCUT2D eigenvalue weighted by Crippen LogP contribution is -2.54. The monoisotopic (exact) mass is 574 g/mol. The van der Waals surface area contributed by atoms with Crippen molar-refractivity contribution in [2.45, 2.75) is 24.3 Å². The van der Waals surface area contributed by atoms with Crippen molar-refractivity contribution in [2.75, 3.05) is 4.90 Å². The minimum Gasteiger partial charge on any atom is -0.366 e. The summed E-state index contributed by atoms with van der Waals surface area (Å²) in [5.41, 5.74) is 8.66. The second kappa shape index (κ2) is 9.87. The van der Waals surface area contributed by atoms with Gasteiger partial charge in [0.05, 0.1) is 11.6 Å². The number of hydrogen-bond donors (Lipinski definition) is 2. The molecule has 4 aromatic carbocycles. The standard InChI is InChI=1S/C38H30N4S/c1-2-10-25(11-3-1)32-24-36(42-34-16-8-4-12-28(34)29-13-5-9-17-35(29)42)40-37(39-32)26-18-20-27(21-19-26)41-33-15-7-6-14-30(33)31-22-23-43-38(31)41/h1-24,28,34,36-37,39-40H. The molecular weight excluding hydrogens is 545 g/mol. The third-order valence-electron chi connectivity index (χ3n) is 9.11. The number of allylic oxidation sites excluding steroid dienone is 2. The third kappa shape index (κ3) is 3.93. The van der Waals surface area contributed by atoms with Gasteiger partial charge >= 0.3 is 0 Å². The molecule has 5 heteroatoms. The third-order valence-corrected chi connectivity index (χ3v) is 10.0. The number of benzene rings is 4. The predicted molar refractivity (Wildman–Crippen MR) is 180 cm³/mol. The average Bonchev–Trinajstić information content (AvgIpc) is 3.77. The molecule has 3 aliphatic rings. The van der Waals surface area contributed by atoms with Gasteiger partial charge < -0.3 is 14.8 Å². The fraction of sp³-hybridized carbons (Fsp3) is 0.105. The van der Waals surface area contributed by atoms with E-state index in [1.165, 1.54) is 49.2 Å². The zero-order chi connectivity index (χ0) is 28.3. The van der Waals surface area contributed by atoms with E-state index in [0.29, 0.717) is 5.92 Å². The number of nitrogens with zero attached hydrogens (tertiary/aromatic N) is 2.